The zero-order chi connectivity index (χ0) is 13.5. The highest BCUT2D eigenvalue weighted by molar-refractivity contribution is 6.34. The van der Waals surface area contributed by atoms with E-state index in [-0.39, 0.29) is 17.0 Å². The van der Waals surface area contributed by atoms with E-state index in [1.165, 1.54) is 6.07 Å². The highest BCUT2D eigenvalue weighted by Gasteiger charge is 2.18. The molecule has 0 amide bonds. The molecule has 0 aliphatic rings. The predicted molar refractivity (Wildman–Crippen MR) is 67.8 cm³/mol. The van der Waals surface area contributed by atoms with Crippen molar-refractivity contribution in [3.8, 4) is 0 Å². The number of hydrogen-bond donors (Lipinski definition) is 1. The number of rotatable bonds is 7. The minimum Gasteiger partial charge on any atom is -0.330 e. The first-order valence-corrected chi connectivity index (χ1v) is 6.32. The Kier molecular flexibility index (Phi) is 6.22. The van der Waals surface area contributed by atoms with E-state index in [1.54, 1.807) is 0 Å². The first-order valence-electron chi connectivity index (χ1n) is 5.94. The molecule has 1 aromatic rings. The van der Waals surface area contributed by atoms with Crippen molar-refractivity contribution in [2.75, 3.05) is 6.54 Å². The number of carbonyl (C=O) groups is 1. The second kappa shape index (κ2) is 7.44. The Morgan fingerprint density at radius 1 is 1.17 bits per heavy atom. The monoisotopic (exact) mass is 275 g/mol. The van der Waals surface area contributed by atoms with Gasteiger partial charge in [0.05, 0.1) is 10.6 Å². The third-order valence-corrected chi connectivity index (χ3v) is 3.00. The second-order valence-electron chi connectivity index (χ2n) is 4.09. The van der Waals surface area contributed by atoms with Crippen molar-refractivity contribution >= 4 is 17.4 Å². The van der Waals surface area contributed by atoms with Crippen LogP contribution in [0.5, 0.6) is 0 Å². The van der Waals surface area contributed by atoms with Crippen LogP contribution in [0.4, 0.5) is 8.78 Å². The maximum atomic E-state index is 13.4. The van der Waals surface area contributed by atoms with E-state index < -0.39 is 17.4 Å². The lowest BCUT2D eigenvalue weighted by atomic mass is 10.0. The first kappa shape index (κ1) is 15.1. The fraction of sp³-hybridized carbons (Fsp3) is 0.462. The molecule has 2 N–H and O–H groups in total. The van der Waals surface area contributed by atoms with Gasteiger partial charge in [-0.2, -0.15) is 0 Å². The van der Waals surface area contributed by atoms with Crippen molar-refractivity contribution in [3.63, 3.8) is 0 Å². The summed E-state index contributed by atoms with van der Waals surface area (Å²) in [6.45, 7) is 0.623. The molecule has 0 aromatic heterocycles. The lowest BCUT2D eigenvalue weighted by molar-refractivity contribution is 0.0974. The van der Waals surface area contributed by atoms with Crippen LogP contribution < -0.4 is 5.73 Å². The van der Waals surface area contributed by atoms with E-state index in [1.807, 2.05) is 0 Å². The summed E-state index contributed by atoms with van der Waals surface area (Å²) in [4.78, 5) is 11.8. The molecule has 0 fully saturated rings. The van der Waals surface area contributed by atoms with Gasteiger partial charge in [0, 0.05) is 6.42 Å². The Hall–Kier alpha value is -1.00. The summed E-state index contributed by atoms with van der Waals surface area (Å²) < 4.78 is 26.5. The lowest BCUT2D eigenvalue weighted by Crippen LogP contribution is -2.05. The molecule has 0 saturated heterocycles. The number of carbonyl (C=O) groups excluding carboxylic acids is 1. The average molecular weight is 276 g/mol. The summed E-state index contributed by atoms with van der Waals surface area (Å²) in [5.74, 6) is -2.66. The number of halogens is 3. The highest BCUT2D eigenvalue weighted by atomic mass is 35.5. The van der Waals surface area contributed by atoms with E-state index in [2.05, 4.69) is 0 Å². The fourth-order valence-corrected chi connectivity index (χ4v) is 1.94. The number of benzene rings is 1. The van der Waals surface area contributed by atoms with Crippen LogP contribution in [-0.4, -0.2) is 12.3 Å². The van der Waals surface area contributed by atoms with Gasteiger partial charge < -0.3 is 5.73 Å². The standard InChI is InChI=1S/C13H16ClF2NO/c14-9-6-7-10(15)13(16)12(9)11(18)5-3-1-2-4-8-17/h6-7H,1-5,8,17H2. The Labute approximate surface area is 110 Å². The number of unbranched alkanes of at least 4 members (excludes halogenated alkanes) is 3. The van der Waals surface area contributed by atoms with Crippen molar-refractivity contribution < 1.29 is 13.6 Å². The molecule has 0 saturated carbocycles. The molecule has 0 unspecified atom stereocenters. The zero-order valence-corrected chi connectivity index (χ0v) is 10.8. The SMILES string of the molecule is NCCCCCCC(=O)c1c(Cl)ccc(F)c1F. The first-order chi connectivity index (χ1) is 8.57. The molecular weight excluding hydrogens is 260 g/mol. The van der Waals surface area contributed by atoms with Crippen LogP contribution in [-0.2, 0) is 0 Å². The highest BCUT2D eigenvalue weighted by Crippen LogP contribution is 2.23. The Morgan fingerprint density at radius 3 is 2.50 bits per heavy atom. The van der Waals surface area contributed by atoms with Gasteiger partial charge in [-0.05, 0) is 31.5 Å². The quantitative estimate of drug-likeness (QED) is 0.468. The minimum absolute atomic E-state index is 0.0409. The third kappa shape index (κ3) is 4.03. The molecule has 100 valence electrons. The van der Waals surface area contributed by atoms with Crippen LogP contribution in [0.1, 0.15) is 42.5 Å². The molecule has 0 aliphatic carbocycles. The fourth-order valence-electron chi connectivity index (χ4n) is 1.69. The van der Waals surface area contributed by atoms with E-state index in [9.17, 15) is 13.6 Å². The molecule has 0 radical (unpaired) electrons. The normalized spacial score (nSPS) is 10.7. The summed E-state index contributed by atoms with van der Waals surface area (Å²) in [7, 11) is 0. The maximum Gasteiger partial charge on any atom is 0.171 e. The molecule has 2 nitrogen and oxygen atoms in total. The van der Waals surface area contributed by atoms with Crippen molar-refractivity contribution in [2.45, 2.75) is 32.1 Å². The number of ketones is 1. The van der Waals surface area contributed by atoms with E-state index >= 15 is 0 Å². The van der Waals surface area contributed by atoms with Gasteiger partial charge in [0.2, 0.25) is 0 Å². The summed E-state index contributed by atoms with van der Waals surface area (Å²) >= 11 is 5.71. The molecule has 1 aromatic carbocycles. The van der Waals surface area contributed by atoms with Gasteiger partial charge in [0.1, 0.15) is 0 Å². The molecule has 0 atom stereocenters. The van der Waals surface area contributed by atoms with Crippen molar-refractivity contribution in [1.29, 1.82) is 0 Å². The Bertz CT molecular complexity index is 424. The summed E-state index contributed by atoms with van der Waals surface area (Å²) in [6.07, 6.45) is 3.49. The van der Waals surface area contributed by atoms with Crippen LogP contribution in [0, 0.1) is 11.6 Å². The van der Waals surface area contributed by atoms with Gasteiger partial charge in [-0.25, -0.2) is 8.78 Å². The second-order valence-corrected chi connectivity index (χ2v) is 4.50. The predicted octanol–water partition coefficient (Wildman–Crippen LogP) is 3.71. The number of Topliss-reactive ketones (excluding diaryl/α,β-unsaturated/α-hetero) is 1. The van der Waals surface area contributed by atoms with Gasteiger partial charge in [-0.1, -0.05) is 24.4 Å². The van der Waals surface area contributed by atoms with Gasteiger partial charge >= 0.3 is 0 Å². The van der Waals surface area contributed by atoms with Crippen molar-refractivity contribution in [2.24, 2.45) is 5.73 Å². The van der Waals surface area contributed by atoms with Crippen LogP contribution in [0.2, 0.25) is 5.02 Å². The van der Waals surface area contributed by atoms with Gasteiger partial charge in [-0.3, -0.25) is 4.79 Å². The number of hydrogen-bond acceptors (Lipinski definition) is 2. The molecule has 0 aliphatic heterocycles. The largest absolute Gasteiger partial charge is 0.330 e. The van der Waals surface area contributed by atoms with Crippen LogP contribution in [0.15, 0.2) is 12.1 Å². The van der Waals surface area contributed by atoms with E-state index in [0.717, 1.165) is 25.3 Å². The summed E-state index contributed by atoms with van der Waals surface area (Å²) in [6, 6.07) is 2.11. The number of nitrogens with two attached hydrogens (primary N) is 1. The Morgan fingerprint density at radius 2 is 1.83 bits per heavy atom. The van der Waals surface area contributed by atoms with Gasteiger partial charge in [0.25, 0.3) is 0 Å². The summed E-state index contributed by atoms with van der Waals surface area (Å²) in [5, 5.41) is -0.0409. The topological polar surface area (TPSA) is 43.1 Å². The zero-order valence-electron chi connectivity index (χ0n) is 10.0. The molecule has 0 spiro atoms. The van der Waals surface area contributed by atoms with E-state index in [0.29, 0.717) is 13.0 Å². The molecule has 5 heteroatoms. The van der Waals surface area contributed by atoms with Crippen LogP contribution in [0.25, 0.3) is 0 Å². The lowest BCUT2D eigenvalue weighted by Gasteiger charge is -2.05. The maximum absolute atomic E-state index is 13.4. The average Bonchev–Trinajstić information content (AvgIpc) is 2.34. The molecule has 0 bridgehead atoms. The van der Waals surface area contributed by atoms with Crippen LogP contribution >= 0.6 is 11.6 Å². The smallest absolute Gasteiger partial charge is 0.171 e. The minimum atomic E-state index is -1.16. The van der Waals surface area contributed by atoms with E-state index in [4.69, 9.17) is 17.3 Å². The summed E-state index contributed by atoms with van der Waals surface area (Å²) in [5.41, 5.74) is 5.00. The molecule has 1 rings (SSSR count). The Balaban J connectivity index is 2.59. The van der Waals surface area contributed by atoms with Gasteiger partial charge in [-0.15, -0.1) is 0 Å². The van der Waals surface area contributed by atoms with Crippen molar-refractivity contribution in [1.82, 2.24) is 0 Å². The molecule has 18 heavy (non-hydrogen) atoms. The molecular formula is C13H16ClF2NO. The van der Waals surface area contributed by atoms with Crippen molar-refractivity contribution in [3.05, 3.63) is 34.4 Å². The third-order valence-electron chi connectivity index (χ3n) is 2.68. The molecule has 0 heterocycles. The van der Waals surface area contributed by atoms with Gasteiger partial charge in [0.15, 0.2) is 17.4 Å². The van der Waals surface area contributed by atoms with Crippen LogP contribution in [0.3, 0.4) is 0 Å².